The van der Waals surface area contributed by atoms with Crippen molar-refractivity contribution in [1.82, 2.24) is 14.7 Å². The Kier molecular flexibility index (Phi) is 4.74. The summed E-state index contributed by atoms with van der Waals surface area (Å²) in [4.78, 5) is 14.8. The Hall–Kier alpha value is -2.17. The van der Waals surface area contributed by atoms with Crippen LogP contribution in [0.2, 0.25) is 0 Å². The molecule has 0 radical (unpaired) electrons. The van der Waals surface area contributed by atoms with Crippen molar-refractivity contribution in [3.05, 3.63) is 54.1 Å². The van der Waals surface area contributed by atoms with Crippen molar-refractivity contribution in [2.75, 3.05) is 13.1 Å². The van der Waals surface area contributed by atoms with Gasteiger partial charge < -0.3 is 4.90 Å². The Balaban J connectivity index is 1.64. The molecular weight excluding hydrogens is 293 g/mol. The Morgan fingerprint density at radius 2 is 2.00 bits per heavy atom. The van der Waals surface area contributed by atoms with Crippen LogP contribution in [0.1, 0.15) is 43.7 Å². The first-order chi connectivity index (χ1) is 11.2. The van der Waals surface area contributed by atoms with Gasteiger partial charge in [-0.2, -0.15) is 5.10 Å². The number of amides is 1. The van der Waals surface area contributed by atoms with E-state index in [1.165, 1.54) is 12.1 Å². The molecule has 1 fully saturated rings. The first kappa shape index (κ1) is 15.7. The highest BCUT2D eigenvalue weighted by Crippen LogP contribution is 2.27. The van der Waals surface area contributed by atoms with Crippen molar-refractivity contribution in [1.29, 1.82) is 0 Å². The molecule has 1 atom stereocenters. The number of hydrogen-bond acceptors (Lipinski definition) is 2. The van der Waals surface area contributed by atoms with Crippen LogP contribution in [0.4, 0.5) is 4.39 Å². The zero-order chi connectivity index (χ0) is 16.2. The van der Waals surface area contributed by atoms with Crippen molar-refractivity contribution in [2.24, 2.45) is 0 Å². The fourth-order valence-corrected chi connectivity index (χ4v) is 3.32. The van der Waals surface area contributed by atoms with Crippen LogP contribution in [-0.4, -0.2) is 33.7 Å². The minimum atomic E-state index is -0.268. The molecule has 122 valence electrons. The summed E-state index contributed by atoms with van der Waals surface area (Å²) in [5.74, 6) is -0.300. The van der Waals surface area contributed by atoms with Crippen LogP contribution in [0.3, 0.4) is 0 Å². The van der Waals surface area contributed by atoms with Gasteiger partial charge >= 0.3 is 0 Å². The van der Waals surface area contributed by atoms with Crippen molar-refractivity contribution in [3.63, 3.8) is 0 Å². The molecule has 1 aliphatic heterocycles. The summed E-state index contributed by atoms with van der Waals surface area (Å²) in [6, 6.07) is 8.60. The van der Waals surface area contributed by atoms with E-state index in [2.05, 4.69) is 5.10 Å². The average Bonchev–Trinajstić information content (AvgIpc) is 3.12. The summed E-state index contributed by atoms with van der Waals surface area (Å²) >= 11 is 0. The molecule has 23 heavy (non-hydrogen) atoms. The molecule has 1 aromatic heterocycles. The fraction of sp³-hybridized carbons (Fsp3) is 0.444. The third-order valence-corrected chi connectivity index (χ3v) is 4.65. The third kappa shape index (κ3) is 3.44. The molecule has 1 amide bonds. The van der Waals surface area contributed by atoms with Gasteiger partial charge in [0.1, 0.15) is 5.82 Å². The van der Waals surface area contributed by atoms with E-state index in [9.17, 15) is 9.18 Å². The highest BCUT2D eigenvalue weighted by molar-refractivity contribution is 5.83. The third-order valence-electron chi connectivity index (χ3n) is 4.65. The molecule has 1 aromatic carbocycles. The average molecular weight is 315 g/mol. The number of nitrogens with zero attached hydrogens (tertiary/aromatic N) is 3. The Morgan fingerprint density at radius 3 is 2.57 bits per heavy atom. The number of halogens is 1. The van der Waals surface area contributed by atoms with Gasteiger partial charge in [0, 0.05) is 25.5 Å². The number of carbonyl (C=O) groups excluding carboxylic acids is 1. The first-order valence-electron chi connectivity index (χ1n) is 8.22. The minimum Gasteiger partial charge on any atom is -0.342 e. The predicted molar refractivity (Wildman–Crippen MR) is 86.5 cm³/mol. The Labute approximate surface area is 135 Å². The summed E-state index contributed by atoms with van der Waals surface area (Å²) in [5, 5.41) is 4.29. The molecule has 0 unspecified atom stereocenters. The van der Waals surface area contributed by atoms with E-state index >= 15 is 0 Å². The maximum Gasteiger partial charge on any atom is 0.230 e. The van der Waals surface area contributed by atoms with Gasteiger partial charge in [-0.3, -0.25) is 9.48 Å². The van der Waals surface area contributed by atoms with E-state index in [4.69, 9.17) is 0 Å². The molecule has 1 aliphatic rings. The van der Waals surface area contributed by atoms with Gasteiger partial charge in [0.2, 0.25) is 5.91 Å². The van der Waals surface area contributed by atoms with Gasteiger partial charge in [-0.15, -0.1) is 0 Å². The van der Waals surface area contributed by atoms with E-state index < -0.39 is 0 Å². The fourth-order valence-electron chi connectivity index (χ4n) is 3.32. The van der Waals surface area contributed by atoms with Crippen LogP contribution in [-0.2, 0) is 4.79 Å². The lowest BCUT2D eigenvalue weighted by Crippen LogP contribution is -2.41. The smallest absolute Gasteiger partial charge is 0.230 e. The molecular formula is C18H22FN3O. The zero-order valence-electron chi connectivity index (χ0n) is 13.4. The lowest BCUT2D eigenvalue weighted by Gasteiger charge is -2.34. The predicted octanol–water partition coefficient (Wildman–Crippen LogP) is 3.38. The van der Waals surface area contributed by atoms with E-state index in [-0.39, 0.29) is 17.6 Å². The molecule has 0 aliphatic carbocycles. The van der Waals surface area contributed by atoms with Gasteiger partial charge in [0.05, 0.1) is 12.0 Å². The summed E-state index contributed by atoms with van der Waals surface area (Å²) in [5.41, 5.74) is 0.896. The molecule has 0 spiro atoms. The van der Waals surface area contributed by atoms with Gasteiger partial charge in [-0.25, -0.2) is 4.39 Å². The number of benzene rings is 1. The molecule has 0 bridgehead atoms. The molecule has 0 saturated carbocycles. The Bertz CT molecular complexity index is 631. The lowest BCUT2D eigenvalue weighted by atomic mass is 9.93. The Morgan fingerprint density at radius 1 is 1.30 bits per heavy atom. The van der Waals surface area contributed by atoms with Gasteiger partial charge in [0.15, 0.2) is 0 Å². The normalized spacial score (nSPS) is 17.2. The molecule has 4 nitrogen and oxygen atoms in total. The highest BCUT2D eigenvalue weighted by Gasteiger charge is 2.28. The van der Waals surface area contributed by atoms with Crippen molar-refractivity contribution in [3.8, 4) is 0 Å². The molecule has 2 aromatic rings. The summed E-state index contributed by atoms with van der Waals surface area (Å²) < 4.78 is 15.1. The van der Waals surface area contributed by atoms with Crippen molar-refractivity contribution < 1.29 is 9.18 Å². The van der Waals surface area contributed by atoms with Gasteiger partial charge in [-0.05, 0) is 43.0 Å². The summed E-state index contributed by atoms with van der Waals surface area (Å²) in [6.45, 7) is 3.50. The van der Waals surface area contributed by atoms with E-state index in [1.54, 1.807) is 18.3 Å². The van der Waals surface area contributed by atoms with E-state index in [0.29, 0.717) is 6.04 Å². The standard InChI is InChI=1S/C18H22FN3O/c1-2-17(14-4-6-15(19)7-5-14)18(23)21-12-8-16(9-13-21)22-11-3-10-20-22/h3-7,10-11,16-17H,2,8-9,12-13H2,1H3/t17-/m1/s1. The second kappa shape index (κ2) is 6.94. The van der Waals surface area contributed by atoms with Crippen LogP contribution in [0.15, 0.2) is 42.7 Å². The molecule has 5 heteroatoms. The quantitative estimate of drug-likeness (QED) is 0.867. The van der Waals surface area contributed by atoms with E-state index in [0.717, 1.165) is 37.9 Å². The lowest BCUT2D eigenvalue weighted by molar-refractivity contribution is -0.134. The van der Waals surface area contributed by atoms with Crippen LogP contribution >= 0.6 is 0 Å². The SMILES string of the molecule is CC[C@@H](C(=O)N1CCC(n2cccn2)CC1)c1ccc(F)cc1. The number of hydrogen-bond donors (Lipinski definition) is 0. The molecule has 2 heterocycles. The minimum absolute atomic E-state index is 0.151. The van der Waals surface area contributed by atoms with E-state index in [1.807, 2.05) is 28.8 Å². The number of piperidine rings is 1. The number of likely N-dealkylation sites (tertiary alicyclic amines) is 1. The number of rotatable bonds is 4. The van der Waals surface area contributed by atoms with Crippen LogP contribution in [0.25, 0.3) is 0 Å². The topological polar surface area (TPSA) is 38.1 Å². The monoisotopic (exact) mass is 315 g/mol. The number of aromatic nitrogens is 2. The first-order valence-corrected chi connectivity index (χ1v) is 8.22. The zero-order valence-corrected chi connectivity index (χ0v) is 13.4. The maximum absolute atomic E-state index is 13.1. The summed E-state index contributed by atoms with van der Waals surface area (Å²) in [6.07, 6.45) is 6.35. The second-order valence-electron chi connectivity index (χ2n) is 6.05. The van der Waals surface area contributed by atoms with Gasteiger partial charge in [-0.1, -0.05) is 19.1 Å². The summed E-state index contributed by atoms with van der Waals surface area (Å²) in [7, 11) is 0. The highest BCUT2D eigenvalue weighted by atomic mass is 19.1. The van der Waals surface area contributed by atoms with Crippen LogP contribution in [0, 0.1) is 5.82 Å². The molecule has 0 N–H and O–H groups in total. The largest absolute Gasteiger partial charge is 0.342 e. The molecule has 1 saturated heterocycles. The number of carbonyl (C=O) groups is 1. The van der Waals surface area contributed by atoms with Crippen molar-refractivity contribution in [2.45, 2.75) is 38.1 Å². The van der Waals surface area contributed by atoms with Crippen molar-refractivity contribution >= 4 is 5.91 Å². The van der Waals surface area contributed by atoms with Gasteiger partial charge in [0.25, 0.3) is 0 Å². The van der Waals surface area contributed by atoms with Crippen LogP contribution in [0.5, 0.6) is 0 Å². The maximum atomic E-state index is 13.1. The second-order valence-corrected chi connectivity index (χ2v) is 6.05. The molecule has 3 rings (SSSR count). The van der Waals surface area contributed by atoms with Crippen LogP contribution < -0.4 is 0 Å².